The first-order valence-electron chi connectivity index (χ1n) is 7.71. The number of nitrogens with two attached hydrogens (primary N) is 1. The molecule has 0 spiro atoms. The molecular formula is C16H21ClFN3O2S. The van der Waals surface area contributed by atoms with E-state index in [0.717, 1.165) is 11.8 Å². The number of hydrogen-bond donors (Lipinski definition) is 1. The Kier molecular flexibility index (Phi) is 6.89. The van der Waals surface area contributed by atoms with Gasteiger partial charge in [-0.15, -0.1) is 0 Å². The van der Waals surface area contributed by atoms with E-state index < -0.39 is 11.9 Å². The van der Waals surface area contributed by atoms with Gasteiger partial charge in [0.2, 0.25) is 5.91 Å². The Morgan fingerprint density at radius 2 is 1.92 bits per heavy atom. The van der Waals surface area contributed by atoms with Crippen molar-refractivity contribution in [3.8, 4) is 0 Å². The van der Waals surface area contributed by atoms with Crippen molar-refractivity contribution in [2.24, 2.45) is 5.73 Å². The molecule has 0 unspecified atom stereocenters. The lowest BCUT2D eigenvalue weighted by molar-refractivity contribution is -0.134. The molecule has 0 aliphatic carbocycles. The second-order valence-electron chi connectivity index (χ2n) is 5.63. The molecule has 0 aromatic heterocycles. The molecule has 1 aliphatic rings. The largest absolute Gasteiger partial charge is 0.338 e. The molecule has 1 aromatic carbocycles. The van der Waals surface area contributed by atoms with E-state index in [2.05, 4.69) is 0 Å². The average Bonchev–Trinajstić information content (AvgIpc) is 2.58. The zero-order valence-corrected chi connectivity index (χ0v) is 15.1. The van der Waals surface area contributed by atoms with Gasteiger partial charge in [-0.3, -0.25) is 9.59 Å². The first kappa shape index (κ1) is 19.0. The van der Waals surface area contributed by atoms with Crippen molar-refractivity contribution in [2.75, 3.05) is 38.2 Å². The van der Waals surface area contributed by atoms with Crippen LogP contribution in [0.2, 0.25) is 5.02 Å². The van der Waals surface area contributed by atoms with Crippen LogP contribution in [0.5, 0.6) is 0 Å². The minimum absolute atomic E-state index is 0.00384. The molecule has 0 bridgehead atoms. The number of thioether (sulfide) groups is 1. The van der Waals surface area contributed by atoms with Crippen LogP contribution in [0.25, 0.3) is 0 Å². The number of halogens is 2. The van der Waals surface area contributed by atoms with Crippen molar-refractivity contribution < 1.29 is 14.0 Å². The monoisotopic (exact) mass is 373 g/mol. The SMILES string of the molecule is CSCC[C@H](N)C(=O)N1CCN(C(=O)c2ccc(Cl)cc2F)CC1. The first-order chi connectivity index (χ1) is 11.4. The maximum absolute atomic E-state index is 13.9. The third-order valence-corrected chi connectivity index (χ3v) is 4.87. The van der Waals surface area contributed by atoms with Gasteiger partial charge in [-0.05, 0) is 36.6 Å². The standard InChI is InChI=1S/C16H21ClFN3O2S/c1-24-9-4-14(19)16(23)21-7-5-20(6-8-21)15(22)12-3-2-11(17)10-13(12)18/h2-3,10,14H,4-9,19H2,1H3/t14-/m0/s1. The Morgan fingerprint density at radius 3 is 2.50 bits per heavy atom. The second-order valence-corrected chi connectivity index (χ2v) is 7.05. The Morgan fingerprint density at radius 1 is 1.29 bits per heavy atom. The van der Waals surface area contributed by atoms with Crippen molar-refractivity contribution in [2.45, 2.75) is 12.5 Å². The Bertz CT molecular complexity index is 609. The lowest BCUT2D eigenvalue weighted by Gasteiger charge is -2.36. The molecule has 1 fully saturated rings. The predicted octanol–water partition coefficient (Wildman–Crippen LogP) is 1.84. The smallest absolute Gasteiger partial charge is 0.256 e. The molecule has 24 heavy (non-hydrogen) atoms. The van der Waals surface area contributed by atoms with Gasteiger partial charge in [0.1, 0.15) is 5.82 Å². The lowest BCUT2D eigenvalue weighted by atomic mass is 10.1. The van der Waals surface area contributed by atoms with E-state index in [-0.39, 0.29) is 22.4 Å². The van der Waals surface area contributed by atoms with Crippen LogP contribution >= 0.6 is 23.4 Å². The van der Waals surface area contributed by atoms with Gasteiger partial charge in [-0.25, -0.2) is 4.39 Å². The zero-order chi connectivity index (χ0) is 17.7. The number of nitrogens with zero attached hydrogens (tertiary/aromatic N) is 2. The molecule has 1 aromatic rings. The summed E-state index contributed by atoms with van der Waals surface area (Å²) in [7, 11) is 0. The van der Waals surface area contributed by atoms with E-state index in [1.165, 1.54) is 12.1 Å². The van der Waals surface area contributed by atoms with Crippen molar-refractivity contribution >= 4 is 35.2 Å². The van der Waals surface area contributed by atoms with Gasteiger partial charge in [-0.2, -0.15) is 11.8 Å². The maximum Gasteiger partial charge on any atom is 0.256 e. The van der Waals surface area contributed by atoms with Crippen LogP contribution in [-0.2, 0) is 4.79 Å². The molecule has 0 saturated carbocycles. The fourth-order valence-corrected chi connectivity index (χ4v) is 3.21. The highest BCUT2D eigenvalue weighted by Crippen LogP contribution is 2.17. The summed E-state index contributed by atoms with van der Waals surface area (Å²) in [6.07, 6.45) is 2.60. The molecular weight excluding hydrogens is 353 g/mol. The van der Waals surface area contributed by atoms with Crippen molar-refractivity contribution in [1.82, 2.24) is 9.80 Å². The summed E-state index contributed by atoms with van der Waals surface area (Å²) in [6.45, 7) is 1.54. The molecule has 1 atom stereocenters. The van der Waals surface area contributed by atoms with Crippen LogP contribution in [0.1, 0.15) is 16.8 Å². The van der Waals surface area contributed by atoms with E-state index in [1.54, 1.807) is 21.6 Å². The molecule has 2 N–H and O–H groups in total. The van der Waals surface area contributed by atoms with Crippen molar-refractivity contribution in [1.29, 1.82) is 0 Å². The lowest BCUT2D eigenvalue weighted by Crippen LogP contribution is -2.54. The van der Waals surface area contributed by atoms with Gasteiger partial charge in [0, 0.05) is 31.2 Å². The van der Waals surface area contributed by atoms with Gasteiger partial charge in [0.25, 0.3) is 5.91 Å². The summed E-state index contributed by atoms with van der Waals surface area (Å²) in [5.41, 5.74) is 5.90. The van der Waals surface area contributed by atoms with E-state index in [9.17, 15) is 14.0 Å². The van der Waals surface area contributed by atoms with E-state index in [4.69, 9.17) is 17.3 Å². The summed E-state index contributed by atoms with van der Waals surface area (Å²) in [6, 6.07) is 3.49. The number of carbonyl (C=O) groups is 2. The highest BCUT2D eigenvalue weighted by Gasteiger charge is 2.28. The average molecular weight is 374 g/mol. The Balaban J connectivity index is 1.92. The van der Waals surface area contributed by atoms with Gasteiger partial charge >= 0.3 is 0 Å². The molecule has 1 heterocycles. The van der Waals surface area contributed by atoms with Crippen molar-refractivity contribution in [3.05, 3.63) is 34.6 Å². The summed E-state index contributed by atoms with van der Waals surface area (Å²) in [5, 5.41) is 0.249. The normalized spacial score (nSPS) is 16.2. The summed E-state index contributed by atoms with van der Waals surface area (Å²) in [4.78, 5) is 27.9. The van der Waals surface area contributed by atoms with Gasteiger partial charge in [-0.1, -0.05) is 11.6 Å². The maximum atomic E-state index is 13.9. The first-order valence-corrected chi connectivity index (χ1v) is 9.49. The highest BCUT2D eigenvalue weighted by molar-refractivity contribution is 7.98. The fraction of sp³-hybridized carbons (Fsp3) is 0.500. The molecule has 0 radical (unpaired) electrons. The van der Waals surface area contributed by atoms with E-state index >= 15 is 0 Å². The van der Waals surface area contributed by atoms with Crippen LogP contribution in [0.4, 0.5) is 4.39 Å². The Hall–Kier alpha value is -1.31. The number of benzene rings is 1. The quantitative estimate of drug-likeness (QED) is 0.855. The topological polar surface area (TPSA) is 66.6 Å². The predicted molar refractivity (Wildman–Crippen MR) is 94.9 cm³/mol. The number of carbonyl (C=O) groups excluding carboxylic acids is 2. The van der Waals surface area contributed by atoms with Crippen LogP contribution in [-0.4, -0.2) is 65.8 Å². The second kappa shape index (κ2) is 8.69. The Labute approximate surface area is 150 Å². The number of rotatable bonds is 5. The number of amides is 2. The molecule has 5 nitrogen and oxygen atoms in total. The third kappa shape index (κ3) is 4.62. The summed E-state index contributed by atoms with van der Waals surface area (Å²) >= 11 is 7.35. The minimum atomic E-state index is -0.634. The van der Waals surface area contributed by atoms with E-state index in [0.29, 0.717) is 32.6 Å². The molecule has 1 aliphatic heterocycles. The molecule has 132 valence electrons. The highest BCUT2D eigenvalue weighted by atomic mass is 35.5. The fourth-order valence-electron chi connectivity index (χ4n) is 2.57. The molecule has 2 amide bonds. The summed E-state index contributed by atoms with van der Waals surface area (Å²) < 4.78 is 13.9. The van der Waals surface area contributed by atoms with Gasteiger partial charge in [0.05, 0.1) is 11.6 Å². The zero-order valence-electron chi connectivity index (χ0n) is 13.5. The van der Waals surface area contributed by atoms with Gasteiger partial charge in [0.15, 0.2) is 0 Å². The van der Waals surface area contributed by atoms with Crippen LogP contribution in [0.3, 0.4) is 0 Å². The summed E-state index contributed by atoms with van der Waals surface area (Å²) in [5.74, 6) is -0.275. The van der Waals surface area contributed by atoms with E-state index in [1.807, 2.05) is 6.26 Å². The van der Waals surface area contributed by atoms with Crippen LogP contribution < -0.4 is 5.73 Å². The molecule has 2 rings (SSSR count). The van der Waals surface area contributed by atoms with Crippen LogP contribution in [0.15, 0.2) is 18.2 Å². The van der Waals surface area contributed by atoms with Crippen molar-refractivity contribution in [3.63, 3.8) is 0 Å². The van der Waals surface area contributed by atoms with Gasteiger partial charge < -0.3 is 15.5 Å². The number of hydrogen-bond acceptors (Lipinski definition) is 4. The third-order valence-electron chi connectivity index (χ3n) is 3.99. The number of piperazine rings is 1. The van der Waals surface area contributed by atoms with Crippen LogP contribution in [0, 0.1) is 5.82 Å². The molecule has 8 heteroatoms. The minimum Gasteiger partial charge on any atom is -0.338 e. The molecule has 1 saturated heterocycles.